The third-order valence-electron chi connectivity index (χ3n) is 3.69. The summed E-state index contributed by atoms with van der Waals surface area (Å²) in [4.78, 5) is 24.6. The average molecular weight is 364 g/mol. The van der Waals surface area contributed by atoms with Gasteiger partial charge in [0, 0.05) is 10.7 Å². The number of hydrogen-bond donors (Lipinski definition) is 1. The van der Waals surface area contributed by atoms with Gasteiger partial charge in [-0.3, -0.25) is 9.59 Å². The van der Waals surface area contributed by atoms with Gasteiger partial charge in [-0.15, -0.1) is 0 Å². The minimum atomic E-state index is -0.522. The van der Waals surface area contributed by atoms with Crippen LogP contribution in [0.3, 0.4) is 0 Å². The SMILES string of the molecule is CC1(C)CC(=O)c2cc(NC(=O)c3ccc(Cl)cc3Cl)ccc2O1. The average Bonchev–Trinajstić information content (AvgIpc) is 2.46. The fourth-order valence-electron chi connectivity index (χ4n) is 2.60. The van der Waals surface area contributed by atoms with E-state index in [9.17, 15) is 9.59 Å². The molecule has 0 aromatic heterocycles. The topological polar surface area (TPSA) is 55.4 Å². The van der Waals surface area contributed by atoms with Gasteiger partial charge < -0.3 is 10.1 Å². The van der Waals surface area contributed by atoms with E-state index in [0.29, 0.717) is 34.0 Å². The molecular formula is C18H15Cl2NO3. The predicted octanol–water partition coefficient (Wildman–Crippen LogP) is 4.99. The molecule has 0 bridgehead atoms. The quantitative estimate of drug-likeness (QED) is 0.817. The standard InChI is InChI=1S/C18H15Cl2NO3/c1-18(2)9-15(22)13-8-11(4-6-16(13)24-18)21-17(23)12-5-3-10(19)7-14(12)20/h3-8H,9H2,1-2H3,(H,21,23). The molecule has 0 aliphatic carbocycles. The highest BCUT2D eigenvalue weighted by molar-refractivity contribution is 6.37. The molecule has 6 heteroatoms. The van der Waals surface area contributed by atoms with Crippen LogP contribution < -0.4 is 10.1 Å². The number of ether oxygens (including phenoxy) is 1. The number of anilines is 1. The molecule has 0 atom stereocenters. The first-order chi connectivity index (χ1) is 11.2. The maximum absolute atomic E-state index is 12.3. The minimum Gasteiger partial charge on any atom is -0.487 e. The van der Waals surface area contributed by atoms with E-state index in [2.05, 4.69) is 5.32 Å². The van der Waals surface area contributed by atoms with Crippen molar-refractivity contribution in [3.63, 3.8) is 0 Å². The third kappa shape index (κ3) is 3.40. The summed E-state index contributed by atoms with van der Waals surface area (Å²) in [5, 5.41) is 3.45. The van der Waals surface area contributed by atoms with Crippen LogP contribution in [0.1, 0.15) is 41.0 Å². The van der Waals surface area contributed by atoms with Crippen molar-refractivity contribution in [1.29, 1.82) is 0 Å². The van der Waals surface area contributed by atoms with Crippen molar-refractivity contribution in [1.82, 2.24) is 0 Å². The molecule has 3 rings (SSSR count). The van der Waals surface area contributed by atoms with Gasteiger partial charge >= 0.3 is 0 Å². The van der Waals surface area contributed by atoms with Crippen LogP contribution in [-0.4, -0.2) is 17.3 Å². The van der Waals surface area contributed by atoms with Crippen LogP contribution in [-0.2, 0) is 0 Å². The number of Topliss-reactive ketones (excluding diaryl/α,β-unsaturated/α-hetero) is 1. The van der Waals surface area contributed by atoms with Crippen molar-refractivity contribution >= 4 is 40.6 Å². The molecule has 0 unspecified atom stereocenters. The van der Waals surface area contributed by atoms with E-state index >= 15 is 0 Å². The van der Waals surface area contributed by atoms with E-state index in [1.54, 1.807) is 30.3 Å². The summed E-state index contributed by atoms with van der Waals surface area (Å²) in [5.41, 5.74) is 0.754. The molecule has 0 fully saturated rings. The van der Waals surface area contributed by atoms with Gasteiger partial charge in [-0.25, -0.2) is 0 Å². The molecule has 24 heavy (non-hydrogen) atoms. The second-order valence-corrected chi connectivity index (χ2v) is 7.09. The van der Waals surface area contributed by atoms with Crippen LogP contribution in [0.15, 0.2) is 36.4 Å². The second kappa shape index (κ2) is 6.11. The number of benzene rings is 2. The van der Waals surface area contributed by atoms with Crippen LogP contribution in [0.2, 0.25) is 10.0 Å². The first-order valence-corrected chi connectivity index (χ1v) is 8.13. The van der Waals surface area contributed by atoms with Gasteiger partial charge in [0.05, 0.1) is 22.6 Å². The number of ketones is 1. The van der Waals surface area contributed by atoms with Gasteiger partial charge in [-0.05, 0) is 50.2 Å². The van der Waals surface area contributed by atoms with Gasteiger partial charge in [0.15, 0.2) is 5.78 Å². The number of carbonyl (C=O) groups excluding carboxylic acids is 2. The molecular weight excluding hydrogens is 349 g/mol. The van der Waals surface area contributed by atoms with Crippen LogP contribution in [0.4, 0.5) is 5.69 Å². The van der Waals surface area contributed by atoms with Gasteiger partial charge in [0.1, 0.15) is 11.4 Å². The molecule has 1 N–H and O–H groups in total. The van der Waals surface area contributed by atoms with Crippen molar-refractivity contribution in [3.05, 3.63) is 57.6 Å². The zero-order valence-electron chi connectivity index (χ0n) is 13.2. The number of carbonyl (C=O) groups is 2. The second-order valence-electron chi connectivity index (χ2n) is 6.25. The molecule has 1 heterocycles. The lowest BCUT2D eigenvalue weighted by Crippen LogP contribution is -2.35. The lowest BCUT2D eigenvalue weighted by atomic mass is 9.93. The van der Waals surface area contributed by atoms with E-state index < -0.39 is 5.60 Å². The predicted molar refractivity (Wildman–Crippen MR) is 94.5 cm³/mol. The number of nitrogens with one attached hydrogen (secondary N) is 1. The molecule has 1 aliphatic rings. The number of hydrogen-bond acceptors (Lipinski definition) is 3. The molecule has 1 amide bonds. The summed E-state index contributed by atoms with van der Waals surface area (Å²) in [5.74, 6) is 0.141. The van der Waals surface area contributed by atoms with Gasteiger partial charge in [0.25, 0.3) is 5.91 Å². The Balaban J connectivity index is 1.85. The highest BCUT2D eigenvalue weighted by Gasteiger charge is 2.32. The van der Waals surface area contributed by atoms with Crippen molar-refractivity contribution in [2.75, 3.05) is 5.32 Å². The van der Waals surface area contributed by atoms with Crippen molar-refractivity contribution in [3.8, 4) is 5.75 Å². The van der Waals surface area contributed by atoms with Crippen molar-refractivity contribution in [2.24, 2.45) is 0 Å². The molecule has 0 radical (unpaired) electrons. The molecule has 0 saturated heterocycles. The minimum absolute atomic E-state index is 0.0122. The van der Waals surface area contributed by atoms with Crippen LogP contribution in [0.25, 0.3) is 0 Å². The van der Waals surface area contributed by atoms with Crippen molar-refractivity contribution in [2.45, 2.75) is 25.9 Å². The summed E-state index contributed by atoms with van der Waals surface area (Å²) in [6.45, 7) is 3.73. The Morgan fingerprint density at radius 1 is 1.17 bits per heavy atom. The van der Waals surface area contributed by atoms with Crippen LogP contribution >= 0.6 is 23.2 Å². The zero-order chi connectivity index (χ0) is 17.5. The molecule has 4 nitrogen and oxygen atoms in total. The van der Waals surface area contributed by atoms with Gasteiger partial charge in [-0.1, -0.05) is 23.2 Å². The Morgan fingerprint density at radius 3 is 2.62 bits per heavy atom. The summed E-state index contributed by atoms with van der Waals surface area (Å²) in [7, 11) is 0. The van der Waals surface area contributed by atoms with E-state index in [1.165, 1.54) is 6.07 Å². The summed E-state index contributed by atoms with van der Waals surface area (Å²) in [6, 6.07) is 9.64. The number of rotatable bonds is 2. The smallest absolute Gasteiger partial charge is 0.257 e. The maximum Gasteiger partial charge on any atom is 0.257 e. The van der Waals surface area contributed by atoms with E-state index in [4.69, 9.17) is 27.9 Å². The molecule has 0 spiro atoms. The maximum atomic E-state index is 12.3. The summed E-state index contributed by atoms with van der Waals surface area (Å²) in [6.07, 6.45) is 0.292. The Morgan fingerprint density at radius 2 is 1.92 bits per heavy atom. The normalized spacial score (nSPS) is 15.4. The Bertz CT molecular complexity index is 846. The molecule has 1 aliphatic heterocycles. The molecule has 2 aromatic carbocycles. The Hall–Kier alpha value is -2.04. The number of amides is 1. The first-order valence-electron chi connectivity index (χ1n) is 7.38. The van der Waals surface area contributed by atoms with Gasteiger partial charge in [-0.2, -0.15) is 0 Å². The van der Waals surface area contributed by atoms with Crippen molar-refractivity contribution < 1.29 is 14.3 Å². The molecule has 0 saturated carbocycles. The Kier molecular flexibility index (Phi) is 4.28. The third-order valence-corrected chi connectivity index (χ3v) is 4.23. The van der Waals surface area contributed by atoms with Crippen LogP contribution in [0, 0.1) is 0 Å². The van der Waals surface area contributed by atoms with Crippen LogP contribution in [0.5, 0.6) is 5.75 Å². The summed E-state index contributed by atoms with van der Waals surface area (Å²) >= 11 is 11.9. The number of halogens is 2. The fourth-order valence-corrected chi connectivity index (χ4v) is 3.10. The molecule has 2 aromatic rings. The first kappa shape index (κ1) is 16.8. The highest BCUT2D eigenvalue weighted by atomic mass is 35.5. The summed E-state index contributed by atoms with van der Waals surface area (Å²) < 4.78 is 5.80. The fraction of sp³-hybridized carbons (Fsp3) is 0.222. The lowest BCUT2D eigenvalue weighted by Gasteiger charge is -2.31. The number of fused-ring (bicyclic) bond motifs is 1. The monoisotopic (exact) mass is 363 g/mol. The van der Waals surface area contributed by atoms with E-state index in [1.807, 2.05) is 13.8 Å². The molecule has 124 valence electrons. The largest absolute Gasteiger partial charge is 0.487 e. The highest BCUT2D eigenvalue weighted by Crippen LogP contribution is 2.34. The van der Waals surface area contributed by atoms with Gasteiger partial charge in [0.2, 0.25) is 0 Å². The van der Waals surface area contributed by atoms with E-state index in [0.717, 1.165) is 0 Å². The lowest BCUT2D eigenvalue weighted by molar-refractivity contribution is 0.0620. The zero-order valence-corrected chi connectivity index (χ0v) is 14.7. The van der Waals surface area contributed by atoms with E-state index in [-0.39, 0.29) is 16.7 Å². The Labute approximate surface area is 149 Å².